The molecular weight excluding hydrogens is 200 g/mol. The number of carboxylic acids is 1. The Labute approximate surface area is 98.4 Å². The molecule has 0 saturated carbocycles. The van der Waals surface area contributed by atoms with Gasteiger partial charge in [0.15, 0.2) is 0 Å². The van der Waals surface area contributed by atoms with Gasteiger partial charge in [0.25, 0.3) is 0 Å². The minimum absolute atomic E-state index is 0.827. The summed E-state index contributed by atoms with van der Waals surface area (Å²) in [6.07, 6.45) is 11.6. The molecule has 0 heterocycles. The molecule has 0 atom stereocenters. The molecule has 0 aliphatic heterocycles. The molecule has 2 nitrogen and oxygen atoms in total. The third kappa shape index (κ3) is 9.25. The summed E-state index contributed by atoms with van der Waals surface area (Å²) in [5.41, 5.74) is 2.30. The maximum Gasteiger partial charge on any atom is 0.328 e. The highest BCUT2D eigenvalue weighted by Gasteiger charge is 1.94. The first-order valence-corrected chi connectivity index (χ1v) is 5.73. The van der Waals surface area contributed by atoms with Gasteiger partial charge in [-0.2, -0.15) is 0 Å². The summed E-state index contributed by atoms with van der Waals surface area (Å²) in [5.74, 6) is -0.855. The van der Waals surface area contributed by atoms with Crippen molar-refractivity contribution in [3.05, 3.63) is 35.5 Å². The van der Waals surface area contributed by atoms with Gasteiger partial charge in [-0.3, -0.25) is 0 Å². The molecule has 0 unspecified atom stereocenters. The molecule has 0 radical (unpaired) electrons. The number of aliphatic carboxylic acids is 1. The molecule has 0 aliphatic carbocycles. The van der Waals surface area contributed by atoms with Gasteiger partial charge in [0.1, 0.15) is 0 Å². The van der Waals surface area contributed by atoms with Crippen LogP contribution in [0.4, 0.5) is 0 Å². The Hall–Kier alpha value is -1.31. The van der Waals surface area contributed by atoms with Crippen LogP contribution < -0.4 is 0 Å². The van der Waals surface area contributed by atoms with Crippen LogP contribution in [0.25, 0.3) is 0 Å². The van der Waals surface area contributed by atoms with Crippen molar-refractivity contribution < 1.29 is 9.90 Å². The predicted molar refractivity (Wildman–Crippen MR) is 68.4 cm³/mol. The first-order valence-electron chi connectivity index (χ1n) is 5.73. The van der Waals surface area contributed by atoms with Crippen LogP contribution in [-0.2, 0) is 4.79 Å². The lowest BCUT2D eigenvalue weighted by molar-refractivity contribution is -0.131. The number of hydrogen-bond acceptors (Lipinski definition) is 1. The van der Waals surface area contributed by atoms with Gasteiger partial charge in [-0.25, -0.2) is 4.79 Å². The average molecular weight is 222 g/mol. The van der Waals surface area contributed by atoms with E-state index in [1.807, 2.05) is 13.8 Å². The van der Waals surface area contributed by atoms with E-state index < -0.39 is 5.97 Å². The number of carbonyl (C=O) groups is 1. The second-order valence-corrected chi connectivity index (χ2v) is 4.03. The zero-order valence-corrected chi connectivity index (χ0v) is 10.5. The van der Waals surface area contributed by atoms with Crippen LogP contribution in [0.3, 0.4) is 0 Å². The average Bonchev–Trinajstić information content (AvgIpc) is 2.17. The molecule has 90 valence electrons. The Morgan fingerprint density at radius 2 is 1.75 bits per heavy atom. The van der Waals surface area contributed by atoms with Crippen molar-refractivity contribution >= 4 is 5.97 Å². The first kappa shape index (κ1) is 14.7. The number of hydrogen-bond donors (Lipinski definition) is 1. The molecule has 0 rings (SSSR count). The fraction of sp³-hybridized carbons (Fsp3) is 0.500. The van der Waals surface area contributed by atoms with Gasteiger partial charge in [0, 0.05) is 6.08 Å². The SMILES string of the molecule is CC=CCC/C(C)=C\CC/C(C)=C/C(=O)O. The van der Waals surface area contributed by atoms with E-state index in [0.29, 0.717) is 0 Å². The van der Waals surface area contributed by atoms with E-state index in [9.17, 15) is 4.79 Å². The molecule has 0 bridgehead atoms. The Balaban J connectivity index is 3.86. The quantitative estimate of drug-likeness (QED) is 0.520. The van der Waals surface area contributed by atoms with Crippen molar-refractivity contribution in [2.45, 2.75) is 46.5 Å². The van der Waals surface area contributed by atoms with E-state index in [4.69, 9.17) is 5.11 Å². The van der Waals surface area contributed by atoms with Gasteiger partial charge < -0.3 is 5.11 Å². The highest BCUT2D eigenvalue weighted by atomic mass is 16.4. The largest absolute Gasteiger partial charge is 0.478 e. The molecule has 0 aromatic carbocycles. The molecule has 0 aliphatic rings. The highest BCUT2D eigenvalue weighted by Crippen LogP contribution is 2.10. The normalized spacial score (nSPS) is 13.4. The number of rotatable bonds is 7. The summed E-state index contributed by atoms with van der Waals surface area (Å²) >= 11 is 0. The highest BCUT2D eigenvalue weighted by molar-refractivity contribution is 5.80. The van der Waals surface area contributed by atoms with Gasteiger partial charge >= 0.3 is 5.97 Å². The van der Waals surface area contributed by atoms with Crippen molar-refractivity contribution in [3.63, 3.8) is 0 Å². The topological polar surface area (TPSA) is 37.3 Å². The third-order valence-electron chi connectivity index (χ3n) is 2.34. The van der Waals surface area contributed by atoms with Gasteiger partial charge in [-0.05, 0) is 46.5 Å². The Bertz CT molecular complexity index is 296. The van der Waals surface area contributed by atoms with Crippen LogP contribution in [0.5, 0.6) is 0 Å². The fourth-order valence-electron chi connectivity index (χ4n) is 1.41. The van der Waals surface area contributed by atoms with Crippen LogP contribution in [0.2, 0.25) is 0 Å². The molecule has 0 fully saturated rings. The number of carboxylic acid groups (broad SMARTS) is 1. The fourth-order valence-corrected chi connectivity index (χ4v) is 1.41. The zero-order chi connectivity index (χ0) is 12.4. The molecule has 1 N–H and O–H groups in total. The predicted octanol–water partition coefficient (Wildman–Crippen LogP) is 4.10. The van der Waals surface area contributed by atoms with E-state index >= 15 is 0 Å². The van der Waals surface area contributed by atoms with Crippen molar-refractivity contribution in [1.82, 2.24) is 0 Å². The lowest BCUT2D eigenvalue weighted by atomic mass is 10.1. The molecule has 0 aromatic heterocycles. The van der Waals surface area contributed by atoms with E-state index in [1.165, 1.54) is 11.6 Å². The van der Waals surface area contributed by atoms with Crippen molar-refractivity contribution in [2.24, 2.45) is 0 Å². The second kappa shape index (κ2) is 8.96. The first-order chi connectivity index (χ1) is 7.56. The molecule has 0 spiro atoms. The van der Waals surface area contributed by atoms with E-state index in [2.05, 4.69) is 25.2 Å². The molecule has 0 amide bonds. The van der Waals surface area contributed by atoms with Crippen molar-refractivity contribution in [2.75, 3.05) is 0 Å². The van der Waals surface area contributed by atoms with E-state index in [0.717, 1.165) is 31.3 Å². The second-order valence-electron chi connectivity index (χ2n) is 4.03. The maximum absolute atomic E-state index is 10.4. The van der Waals surface area contributed by atoms with E-state index in [-0.39, 0.29) is 0 Å². The lowest BCUT2D eigenvalue weighted by Gasteiger charge is -1.99. The van der Waals surface area contributed by atoms with Crippen LogP contribution in [0.15, 0.2) is 35.5 Å². The summed E-state index contributed by atoms with van der Waals surface area (Å²) in [5, 5.41) is 8.54. The summed E-state index contributed by atoms with van der Waals surface area (Å²) in [4.78, 5) is 10.4. The summed E-state index contributed by atoms with van der Waals surface area (Å²) in [7, 11) is 0. The van der Waals surface area contributed by atoms with Crippen LogP contribution in [0, 0.1) is 0 Å². The standard InChI is InChI=1S/C14H22O2/c1-4-5-6-8-12(2)9-7-10-13(3)11-14(15)16/h4-5,9,11H,6-8,10H2,1-3H3,(H,15,16)/b5-4?,12-9-,13-11+. The van der Waals surface area contributed by atoms with Crippen LogP contribution in [-0.4, -0.2) is 11.1 Å². The minimum Gasteiger partial charge on any atom is -0.478 e. The van der Waals surface area contributed by atoms with Gasteiger partial charge in [0.05, 0.1) is 0 Å². The van der Waals surface area contributed by atoms with Crippen molar-refractivity contribution in [1.29, 1.82) is 0 Å². The van der Waals surface area contributed by atoms with Gasteiger partial charge in [-0.15, -0.1) is 0 Å². The summed E-state index contributed by atoms with van der Waals surface area (Å²) < 4.78 is 0. The van der Waals surface area contributed by atoms with Crippen LogP contribution in [0.1, 0.15) is 46.5 Å². The Kier molecular flexibility index (Phi) is 8.22. The smallest absolute Gasteiger partial charge is 0.328 e. The summed E-state index contributed by atoms with van der Waals surface area (Å²) in [6, 6.07) is 0. The van der Waals surface area contributed by atoms with Crippen molar-refractivity contribution in [3.8, 4) is 0 Å². The molecule has 2 heteroatoms. The number of allylic oxidation sites excluding steroid dienone is 5. The molecule has 16 heavy (non-hydrogen) atoms. The maximum atomic E-state index is 10.4. The zero-order valence-electron chi connectivity index (χ0n) is 10.5. The van der Waals surface area contributed by atoms with Crippen LogP contribution >= 0.6 is 0 Å². The summed E-state index contributed by atoms with van der Waals surface area (Å²) in [6.45, 7) is 6.01. The Morgan fingerprint density at radius 3 is 2.31 bits per heavy atom. The van der Waals surface area contributed by atoms with E-state index in [1.54, 1.807) is 0 Å². The molecule has 0 saturated heterocycles. The third-order valence-corrected chi connectivity index (χ3v) is 2.34. The van der Waals surface area contributed by atoms with Gasteiger partial charge in [-0.1, -0.05) is 29.4 Å². The Morgan fingerprint density at radius 1 is 1.12 bits per heavy atom. The minimum atomic E-state index is -0.855. The molecule has 0 aromatic rings. The lowest BCUT2D eigenvalue weighted by Crippen LogP contribution is -1.89. The molecular formula is C14H22O2. The monoisotopic (exact) mass is 222 g/mol. The van der Waals surface area contributed by atoms with Gasteiger partial charge in [0.2, 0.25) is 0 Å².